The lowest BCUT2D eigenvalue weighted by atomic mass is 9.95. The first-order valence-corrected chi connectivity index (χ1v) is 15.7. The molecular formula is C35H37F2N5O3. The first kappa shape index (κ1) is 29.6. The summed E-state index contributed by atoms with van der Waals surface area (Å²) in [7, 11) is 1.74. The van der Waals surface area contributed by atoms with Gasteiger partial charge in [-0.1, -0.05) is 18.9 Å². The third kappa shape index (κ3) is 5.12. The summed E-state index contributed by atoms with van der Waals surface area (Å²) in [6.07, 6.45) is 13.5. The van der Waals surface area contributed by atoms with Crippen LogP contribution in [-0.2, 0) is 4.74 Å². The topological polar surface area (TPSA) is 83.8 Å². The molecule has 0 radical (unpaired) electrons. The summed E-state index contributed by atoms with van der Waals surface area (Å²) in [6.45, 7) is 5.82. The van der Waals surface area contributed by atoms with Crippen LogP contribution < -0.4 is 9.64 Å². The zero-order valence-corrected chi connectivity index (χ0v) is 25.7. The monoisotopic (exact) mass is 613 g/mol. The molecule has 2 unspecified atom stereocenters. The fourth-order valence-corrected chi connectivity index (χ4v) is 7.83. The number of nitrogens with zero attached hydrogens (tertiary/aromatic N) is 5. The SMILES string of the molecule is C#Cc1c(F)ccc2cc(O)cc(-c3ncc4c(N5CCCC(C)C5)nc(OCC56CCCN5[C@@H](COC)CC6)nc4c3F)c12. The van der Waals surface area contributed by atoms with Crippen molar-refractivity contribution in [2.24, 2.45) is 5.92 Å². The maximum atomic E-state index is 16.8. The third-order valence-corrected chi connectivity index (χ3v) is 9.91. The molecule has 3 atom stereocenters. The van der Waals surface area contributed by atoms with Crippen molar-refractivity contribution in [1.29, 1.82) is 0 Å². The number of ether oxygens (including phenoxy) is 2. The van der Waals surface area contributed by atoms with E-state index in [1.165, 1.54) is 24.3 Å². The van der Waals surface area contributed by atoms with Crippen molar-refractivity contribution in [3.05, 3.63) is 47.7 Å². The average Bonchev–Trinajstić information content (AvgIpc) is 3.60. The molecule has 5 heterocycles. The Labute approximate surface area is 261 Å². The highest BCUT2D eigenvalue weighted by atomic mass is 19.1. The molecule has 3 aliphatic rings. The lowest BCUT2D eigenvalue weighted by Gasteiger charge is -2.35. The number of methoxy groups -OCH3 is 1. The molecule has 1 N–H and O–H groups in total. The van der Waals surface area contributed by atoms with Crippen LogP contribution in [0.3, 0.4) is 0 Å². The zero-order valence-electron chi connectivity index (χ0n) is 25.7. The van der Waals surface area contributed by atoms with Gasteiger partial charge in [-0.25, -0.2) is 8.78 Å². The van der Waals surface area contributed by atoms with Crippen LogP contribution >= 0.6 is 0 Å². The van der Waals surface area contributed by atoms with E-state index in [4.69, 9.17) is 20.9 Å². The molecule has 0 aliphatic carbocycles. The van der Waals surface area contributed by atoms with E-state index in [1.54, 1.807) is 13.3 Å². The minimum Gasteiger partial charge on any atom is -0.508 e. The number of hydrogen-bond donors (Lipinski definition) is 1. The van der Waals surface area contributed by atoms with Crippen LogP contribution in [0, 0.1) is 29.9 Å². The number of fused-ring (bicyclic) bond motifs is 3. The van der Waals surface area contributed by atoms with E-state index < -0.39 is 11.6 Å². The van der Waals surface area contributed by atoms with Crippen molar-refractivity contribution in [1.82, 2.24) is 19.9 Å². The summed E-state index contributed by atoms with van der Waals surface area (Å²) in [5.74, 6) is 1.97. The molecule has 45 heavy (non-hydrogen) atoms. The van der Waals surface area contributed by atoms with Gasteiger partial charge >= 0.3 is 6.01 Å². The molecule has 0 saturated carbocycles. The summed E-state index contributed by atoms with van der Waals surface area (Å²) >= 11 is 0. The zero-order chi connectivity index (χ0) is 31.3. The van der Waals surface area contributed by atoms with E-state index in [0.29, 0.717) is 47.2 Å². The molecule has 4 aromatic rings. The maximum absolute atomic E-state index is 16.8. The van der Waals surface area contributed by atoms with Crippen LogP contribution in [0.5, 0.6) is 11.8 Å². The van der Waals surface area contributed by atoms with E-state index in [9.17, 15) is 9.50 Å². The van der Waals surface area contributed by atoms with Gasteiger partial charge in [0, 0.05) is 43.4 Å². The number of terminal acetylenes is 1. The Kier molecular flexibility index (Phi) is 7.70. The summed E-state index contributed by atoms with van der Waals surface area (Å²) in [5.41, 5.74) is -0.00645. The Morgan fingerprint density at radius 1 is 1.13 bits per heavy atom. The molecule has 2 aromatic heterocycles. The van der Waals surface area contributed by atoms with Crippen molar-refractivity contribution in [3.63, 3.8) is 0 Å². The maximum Gasteiger partial charge on any atom is 0.319 e. The van der Waals surface area contributed by atoms with Crippen molar-refractivity contribution >= 4 is 27.5 Å². The number of aromatic nitrogens is 3. The van der Waals surface area contributed by atoms with Crippen LogP contribution in [0.2, 0.25) is 0 Å². The Bertz CT molecular complexity index is 1830. The van der Waals surface area contributed by atoms with Gasteiger partial charge in [-0.3, -0.25) is 9.88 Å². The fourth-order valence-electron chi connectivity index (χ4n) is 7.83. The molecular weight excluding hydrogens is 576 g/mol. The van der Waals surface area contributed by atoms with E-state index in [-0.39, 0.29) is 39.6 Å². The second kappa shape index (κ2) is 11.7. The van der Waals surface area contributed by atoms with E-state index >= 15 is 4.39 Å². The standard InChI is InChI=1S/C35H37F2N5O3/c1-4-25-28(36)9-8-22-15-24(43)16-26(29(22)25)31-30(37)32-27(17-38-31)33(41-13-5-7-21(2)18-41)40-34(39-32)45-20-35-11-6-14-42(35)23(10-12-35)19-44-3/h1,8-9,15-17,21,23,43H,5-7,10-14,18-20H2,2-3H3/t21?,23-,35?/m1/s1. The highest BCUT2D eigenvalue weighted by Gasteiger charge is 2.49. The molecule has 0 amide bonds. The summed E-state index contributed by atoms with van der Waals surface area (Å²) in [6, 6.07) is 6.03. The predicted octanol–water partition coefficient (Wildman–Crippen LogP) is 6.07. The van der Waals surface area contributed by atoms with Gasteiger partial charge < -0.3 is 19.5 Å². The minimum absolute atomic E-state index is 0.0257. The number of halogens is 2. The van der Waals surface area contributed by atoms with Gasteiger partial charge in [0.1, 0.15) is 35.2 Å². The Morgan fingerprint density at radius 3 is 2.80 bits per heavy atom. The minimum atomic E-state index is -0.716. The molecule has 10 heteroatoms. The first-order valence-electron chi connectivity index (χ1n) is 15.7. The van der Waals surface area contributed by atoms with Gasteiger partial charge in [0.15, 0.2) is 5.82 Å². The van der Waals surface area contributed by atoms with Gasteiger partial charge in [0.25, 0.3) is 0 Å². The number of phenolic OH excluding ortho intramolecular Hbond substituents is 1. The lowest BCUT2D eigenvalue weighted by molar-refractivity contribution is 0.0521. The van der Waals surface area contributed by atoms with Crippen molar-refractivity contribution in [3.8, 4) is 35.4 Å². The van der Waals surface area contributed by atoms with Crippen molar-refractivity contribution in [2.45, 2.75) is 57.0 Å². The molecule has 234 valence electrons. The van der Waals surface area contributed by atoms with Crippen molar-refractivity contribution in [2.75, 3.05) is 44.9 Å². The summed E-state index contributed by atoms with van der Waals surface area (Å²) < 4.78 is 43.5. The van der Waals surface area contributed by atoms with Gasteiger partial charge in [0.05, 0.1) is 23.1 Å². The number of pyridine rings is 1. The second-order valence-electron chi connectivity index (χ2n) is 12.8. The largest absolute Gasteiger partial charge is 0.508 e. The quantitative estimate of drug-likeness (QED) is 0.252. The summed E-state index contributed by atoms with van der Waals surface area (Å²) in [5, 5.41) is 11.8. The van der Waals surface area contributed by atoms with E-state index in [0.717, 1.165) is 58.2 Å². The van der Waals surface area contributed by atoms with Gasteiger partial charge in [-0.15, -0.1) is 6.42 Å². The number of phenols is 1. The fraction of sp³-hybridized carbons (Fsp3) is 0.457. The first-order chi connectivity index (χ1) is 21.8. The molecule has 3 aliphatic heterocycles. The van der Waals surface area contributed by atoms with Gasteiger partial charge in [-0.2, -0.15) is 9.97 Å². The second-order valence-corrected chi connectivity index (χ2v) is 12.8. The molecule has 7 rings (SSSR count). The predicted molar refractivity (Wildman–Crippen MR) is 169 cm³/mol. The van der Waals surface area contributed by atoms with Crippen LogP contribution in [0.4, 0.5) is 14.6 Å². The third-order valence-electron chi connectivity index (χ3n) is 9.91. The molecule has 2 aromatic carbocycles. The lowest BCUT2D eigenvalue weighted by Crippen LogP contribution is -2.47. The van der Waals surface area contributed by atoms with Crippen LogP contribution in [0.25, 0.3) is 32.9 Å². The number of rotatable bonds is 7. The molecule has 3 saturated heterocycles. The van der Waals surface area contributed by atoms with E-state index in [1.807, 2.05) is 0 Å². The van der Waals surface area contributed by atoms with Gasteiger partial charge in [0.2, 0.25) is 0 Å². The Balaban J connectivity index is 1.35. The smallest absolute Gasteiger partial charge is 0.319 e. The molecule has 8 nitrogen and oxygen atoms in total. The average molecular weight is 614 g/mol. The number of aromatic hydroxyl groups is 1. The molecule has 0 spiro atoms. The number of hydrogen-bond acceptors (Lipinski definition) is 8. The highest BCUT2D eigenvalue weighted by molar-refractivity contribution is 6.03. The van der Waals surface area contributed by atoms with Crippen LogP contribution in [0.1, 0.15) is 51.0 Å². The number of anilines is 1. The highest BCUT2D eigenvalue weighted by Crippen LogP contribution is 2.43. The number of benzene rings is 2. The van der Waals surface area contributed by atoms with Crippen LogP contribution in [0.15, 0.2) is 30.5 Å². The normalized spacial score (nSPS) is 23.5. The summed E-state index contributed by atoms with van der Waals surface area (Å²) in [4.78, 5) is 18.7. The van der Waals surface area contributed by atoms with E-state index in [2.05, 4.69) is 32.6 Å². The van der Waals surface area contributed by atoms with Gasteiger partial charge in [-0.05, 0) is 74.6 Å². The molecule has 3 fully saturated rings. The number of piperidine rings is 1. The molecule has 0 bridgehead atoms. The van der Waals surface area contributed by atoms with Crippen LogP contribution in [-0.4, -0.2) is 76.5 Å². The Morgan fingerprint density at radius 2 is 2.00 bits per heavy atom. The van der Waals surface area contributed by atoms with Crippen molar-refractivity contribution < 1.29 is 23.4 Å². The Hall–Kier alpha value is -4.07.